The van der Waals surface area contributed by atoms with E-state index < -0.39 is 23.8 Å². The lowest BCUT2D eigenvalue weighted by Crippen LogP contribution is -2.52. The third-order valence-electron chi connectivity index (χ3n) is 5.69. The van der Waals surface area contributed by atoms with Crippen LogP contribution in [0.25, 0.3) is 10.9 Å². The lowest BCUT2D eigenvalue weighted by molar-refractivity contribution is -0.135. The van der Waals surface area contributed by atoms with Crippen LogP contribution < -0.4 is 10.2 Å². The van der Waals surface area contributed by atoms with Crippen LogP contribution in [0.3, 0.4) is 0 Å². The SMILES string of the molecule is CC(=O)N1CCN(c2cc3c(N[C@H](C)c4cccc(C(F)F)c4F)ccnc3cn2)C(=O)C1. The molecular formula is C23H22F3N5O2. The summed E-state index contributed by atoms with van der Waals surface area (Å²) in [6, 6.07) is 6.70. The highest BCUT2D eigenvalue weighted by molar-refractivity contribution is 5.99. The number of carbonyl (C=O) groups is 2. The number of nitrogens with zero attached hydrogens (tertiary/aromatic N) is 4. The molecule has 7 nitrogen and oxygen atoms in total. The maximum absolute atomic E-state index is 14.6. The average Bonchev–Trinajstić information content (AvgIpc) is 2.78. The molecule has 33 heavy (non-hydrogen) atoms. The molecule has 1 aliphatic heterocycles. The van der Waals surface area contributed by atoms with Gasteiger partial charge in [0.1, 0.15) is 18.2 Å². The number of amides is 2. The molecule has 4 rings (SSSR count). The van der Waals surface area contributed by atoms with E-state index in [2.05, 4.69) is 15.3 Å². The molecule has 0 spiro atoms. The van der Waals surface area contributed by atoms with Crippen molar-refractivity contribution >= 4 is 34.2 Å². The Morgan fingerprint density at radius 1 is 1.15 bits per heavy atom. The highest BCUT2D eigenvalue weighted by Gasteiger charge is 2.27. The van der Waals surface area contributed by atoms with E-state index in [1.54, 1.807) is 25.3 Å². The molecule has 3 aromatic rings. The molecule has 0 saturated carbocycles. The minimum Gasteiger partial charge on any atom is -0.378 e. The molecule has 0 bridgehead atoms. The van der Waals surface area contributed by atoms with Gasteiger partial charge in [-0.25, -0.2) is 18.2 Å². The molecule has 0 aliphatic carbocycles. The number of alkyl halides is 2. The van der Waals surface area contributed by atoms with Gasteiger partial charge in [0.2, 0.25) is 11.8 Å². The van der Waals surface area contributed by atoms with Crippen molar-refractivity contribution in [3.8, 4) is 0 Å². The van der Waals surface area contributed by atoms with Gasteiger partial charge in [0.05, 0.1) is 23.3 Å². The van der Waals surface area contributed by atoms with E-state index >= 15 is 0 Å². The van der Waals surface area contributed by atoms with E-state index in [9.17, 15) is 22.8 Å². The Labute approximate surface area is 188 Å². The van der Waals surface area contributed by atoms with Gasteiger partial charge >= 0.3 is 0 Å². The van der Waals surface area contributed by atoms with Crippen LogP contribution in [0, 0.1) is 5.82 Å². The smallest absolute Gasteiger partial charge is 0.266 e. The third-order valence-corrected chi connectivity index (χ3v) is 5.69. The summed E-state index contributed by atoms with van der Waals surface area (Å²) in [7, 11) is 0. The average molecular weight is 457 g/mol. The van der Waals surface area contributed by atoms with E-state index in [0.29, 0.717) is 35.5 Å². The number of anilines is 2. The molecule has 0 unspecified atom stereocenters. The molecule has 1 aliphatic rings. The van der Waals surface area contributed by atoms with Crippen molar-refractivity contribution in [1.29, 1.82) is 0 Å². The minimum atomic E-state index is -2.91. The van der Waals surface area contributed by atoms with Gasteiger partial charge in [-0.05, 0) is 19.1 Å². The number of aromatic nitrogens is 2. The number of nitrogens with one attached hydrogen (secondary N) is 1. The highest BCUT2D eigenvalue weighted by atomic mass is 19.3. The van der Waals surface area contributed by atoms with Gasteiger partial charge in [-0.1, -0.05) is 18.2 Å². The first-order valence-corrected chi connectivity index (χ1v) is 10.4. The fourth-order valence-electron chi connectivity index (χ4n) is 3.88. The van der Waals surface area contributed by atoms with Crippen molar-refractivity contribution in [2.75, 3.05) is 29.9 Å². The Morgan fingerprint density at radius 2 is 1.91 bits per heavy atom. The lowest BCUT2D eigenvalue weighted by Gasteiger charge is -2.33. The van der Waals surface area contributed by atoms with E-state index in [0.717, 1.165) is 6.07 Å². The largest absolute Gasteiger partial charge is 0.378 e. The summed E-state index contributed by atoms with van der Waals surface area (Å²) in [6.45, 7) is 3.77. The van der Waals surface area contributed by atoms with Gasteiger partial charge < -0.3 is 10.2 Å². The third kappa shape index (κ3) is 4.46. The second kappa shape index (κ2) is 9.05. The van der Waals surface area contributed by atoms with E-state index in [1.807, 2.05) is 0 Å². The predicted octanol–water partition coefficient (Wildman–Crippen LogP) is 4.07. The van der Waals surface area contributed by atoms with E-state index in [-0.39, 0.29) is 23.9 Å². The Kier molecular flexibility index (Phi) is 6.17. The van der Waals surface area contributed by atoms with Crippen LogP contribution in [0.2, 0.25) is 0 Å². The number of benzene rings is 1. The number of carbonyl (C=O) groups excluding carboxylic acids is 2. The van der Waals surface area contributed by atoms with Crippen molar-refractivity contribution in [3.63, 3.8) is 0 Å². The monoisotopic (exact) mass is 457 g/mol. The molecule has 1 atom stereocenters. The van der Waals surface area contributed by atoms with Crippen molar-refractivity contribution in [2.24, 2.45) is 0 Å². The quantitative estimate of drug-likeness (QED) is 0.625. The number of hydrogen-bond donors (Lipinski definition) is 1. The first kappa shape index (κ1) is 22.5. The zero-order valence-corrected chi connectivity index (χ0v) is 18.1. The van der Waals surface area contributed by atoms with Gasteiger partial charge in [0.15, 0.2) is 0 Å². The van der Waals surface area contributed by atoms with Gasteiger partial charge in [-0.2, -0.15) is 0 Å². The minimum absolute atomic E-state index is 0.0238. The van der Waals surface area contributed by atoms with Crippen molar-refractivity contribution in [1.82, 2.24) is 14.9 Å². The van der Waals surface area contributed by atoms with E-state index in [4.69, 9.17) is 0 Å². The molecular weight excluding hydrogens is 435 g/mol. The maximum atomic E-state index is 14.6. The van der Waals surface area contributed by atoms with Crippen LogP contribution in [0.15, 0.2) is 42.7 Å². The first-order valence-electron chi connectivity index (χ1n) is 10.4. The van der Waals surface area contributed by atoms with Crippen LogP contribution in [0.4, 0.5) is 24.7 Å². The first-order chi connectivity index (χ1) is 15.8. The second-order valence-electron chi connectivity index (χ2n) is 7.82. The lowest BCUT2D eigenvalue weighted by atomic mass is 10.0. The zero-order chi connectivity index (χ0) is 23.7. The number of fused-ring (bicyclic) bond motifs is 1. The van der Waals surface area contributed by atoms with Gasteiger partial charge in [0.25, 0.3) is 6.43 Å². The van der Waals surface area contributed by atoms with E-state index in [1.165, 1.54) is 35.1 Å². The Morgan fingerprint density at radius 3 is 2.61 bits per heavy atom. The number of hydrogen-bond acceptors (Lipinski definition) is 5. The normalized spacial score (nSPS) is 15.3. The van der Waals surface area contributed by atoms with Crippen LogP contribution in [-0.4, -0.2) is 46.3 Å². The molecule has 2 aromatic heterocycles. The van der Waals surface area contributed by atoms with Gasteiger partial charge in [-0.15, -0.1) is 0 Å². The Balaban J connectivity index is 1.64. The molecule has 1 fully saturated rings. The number of pyridine rings is 2. The molecule has 2 amide bonds. The van der Waals surface area contributed by atoms with Crippen molar-refractivity contribution in [3.05, 3.63) is 59.7 Å². The fourth-order valence-corrected chi connectivity index (χ4v) is 3.88. The number of halogens is 3. The summed E-state index contributed by atoms with van der Waals surface area (Å²) in [5.74, 6) is -0.948. The summed E-state index contributed by atoms with van der Waals surface area (Å²) in [6.07, 6.45) is 0.179. The van der Waals surface area contributed by atoms with Crippen LogP contribution in [-0.2, 0) is 9.59 Å². The molecule has 172 valence electrons. The zero-order valence-electron chi connectivity index (χ0n) is 18.1. The molecule has 10 heteroatoms. The Bertz CT molecular complexity index is 1220. The molecule has 1 aromatic carbocycles. The van der Waals surface area contributed by atoms with Gasteiger partial charge in [-0.3, -0.25) is 19.5 Å². The Hall–Kier alpha value is -3.69. The van der Waals surface area contributed by atoms with Crippen LogP contribution in [0.1, 0.15) is 37.4 Å². The molecule has 3 heterocycles. The van der Waals surface area contributed by atoms with Gasteiger partial charge in [0, 0.05) is 42.8 Å². The summed E-state index contributed by atoms with van der Waals surface area (Å²) in [5, 5.41) is 3.80. The van der Waals surface area contributed by atoms with Crippen molar-refractivity contribution < 1.29 is 22.8 Å². The molecule has 0 radical (unpaired) electrons. The fraction of sp³-hybridized carbons (Fsp3) is 0.304. The summed E-state index contributed by atoms with van der Waals surface area (Å²) in [4.78, 5) is 35.7. The van der Waals surface area contributed by atoms with Crippen LogP contribution in [0.5, 0.6) is 0 Å². The predicted molar refractivity (Wildman–Crippen MR) is 118 cm³/mol. The summed E-state index contributed by atoms with van der Waals surface area (Å²) in [5.41, 5.74) is 0.610. The molecule has 1 N–H and O–H groups in total. The van der Waals surface area contributed by atoms with Crippen LogP contribution >= 0.6 is 0 Å². The second-order valence-corrected chi connectivity index (χ2v) is 7.82. The molecule has 1 saturated heterocycles. The summed E-state index contributed by atoms with van der Waals surface area (Å²) < 4.78 is 40.8. The highest BCUT2D eigenvalue weighted by Crippen LogP contribution is 2.31. The maximum Gasteiger partial charge on any atom is 0.266 e. The van der Waals surface area contributed by atoms with Crippen molar-refractivity contribution in [2.45, 2.75) is 26.3 Å². The standard InChI is InChI=1S/C23H22F3N5O2/c1-13(15-4-3-5-16(22(15)24)23(25)26)29-18-6-7-27-19-11-28-20(10-17(18)19)31-9-8-30(14(2)32)12-21(31)33/h3-7,10-11,13,23H,8-9,12H2,1-2H3,(H,27,29)/t13-/m1/s1. The number of piperazine rings is 1. The number of rotatable bonds is 5. The topological polar surface area (TPSA) is 78.4 Å². The summed E-state index contributed by atoms with van der Waals surface area (Å²) >= 11 is 0.